The first kappa shape index (κ1) is 15.7. The monoisotopic (exact) mass is 262 g/mol. The van der Waals surface area contributed by atoms with E-state index in [0.717, 1.165) is 17.7 Å². The fourth-order valence-corrected chi connectivity index (χ4v) is 2.22. The molecular formula is C16H26N2O. The van der Waals surface area contributed by atoms with Crippen LogP contribution < -0.4 is 11.1 Å². The lowest BCUT2D eigenvalue weighted by molar-refractivity contribution is -0.117. The van der Waals surface area contributed by atoms with Crippen LogP contribution in [0.1, 0.15) is 38.3 Å². The second kappa shape index (κ2) is 7.29. The highest BCUT2D eigenvalue weighted by molar-refractivity contribution is 5.92. The van der Waals surface area contributed by atoms with E-state index in [4.69, 9.17) is 5.73 Å². The summed E-state index contributed by atoms with van der Waals surface area (Å²) in [5, 5.41) is 3.05. The Kier molecular flexibility index (Phi) is 6.03. The maximum Gasteiger partial charge on any atom is 0.224 e. The maximum atomic E-state index is 12.1. The molecule has 0 fully saturated rings. The second-order valence-electron chi connectivity index (χ2n) is 5.45. The average molecular weight is 262 g/mol. The van der Waals surface area contributed by atoms with Gasteiger partial charge >= 0.3 is 0 Å². The van der Waals surface area contributed by atoms with Crippen molar-refractivity contribution in [2.24, 2.45) is 17.6 Å². The number of carbonyl (C=O) groups is 1. The van der Waals surface area contributed by atoms with E-state index in [9.17, 15) is 4.79 Å². The summed E-state index contributed by atoms with van der Waals surface area (Å²) < 4.78 is 0. The molecule has 0 radical (unpaired) electrons. The van der Waals surface area contributed by atoms with E-state index in [1.54, 1.807) is 0 Å². The van der Waals surface area contributed by atoms with Gasteiger partial charge in [-0.2, -0.15) is 0 Å². The Morgan fingerprint density at radius 2 is 2.05 bits per heavy atom. The molecule has 1 unspecified atom stereocenters. The molecule has 0 bridgehead atoms. The van der Waals surface area contributed by atoms with E-state index in [-0.39, 0.29) is 11.8 Å². The third kappa shape index (κ3) is 4.35. The third-order valence-corrected chi connectivity index (χ3v) is 3.70. The summed E-state index contributed by atoms with van der Waals surface area (Å²) in [7, 11) is 0. The van der Waals surface area contributed by atoms with Gasteiger partial charge in [0, 0.05) is 12.1 Å². The third-order valence-electron chi connectivity index (χ3n) is 3.70. The van der Waals surface area contributed by atoms with Gasteiger partial charge < -0.3 is 11.1 Å². The lowest BCUT2D eigenvalue weighted by Gasteiger charge is -2.19. The summed E-state index contributed by atoms with van der Waals surface area (Å²) in [6.07, 6.45) is 1.41. The van der Waals surface area contributed by atoms with Crippen LogP contribution in [0.5, 0.6) is 0 Å². The Labute approximate surface area is 116 Å². The Bertz CT molecular complexity index is 427. The van der Waals surface area contributed by atoms with Crippen molar-refractivity contribution in [3.8, 4) is 0 Å². The molecule has 0 saturated heterocycles. The van der Waals surface area contributed by atoms with Crippen LogP contribution in [-0.2, 0) is 11.2 Å². The lowest BCUT2D eigenvalue weighted by atomic mass is 9.92. The highest BCUT2D eigenvalue weighted by Gasteiger charge is 2.17. The van der Waals surface area contributed by atoms with Crippen LogP contribution in [0.4, 0.5) is 5.69 Å². The SMILES string of the molecule is CCc1cccc(C)c1NC(=O)CC(CN)C(C)C. The fourth-order valence-electron chi connectivity index (χ4n) is 2.22. The zero-order chi connectivity index (χ0) is 14.4. The lowest BCUT2D eigenvalue weighted by Crippen LogP contribution is -2.26. The van der Waals surface area contributed by atoms with Crippen molar-refractivity contribution in [1.29, 1.82) is 0 Å². The van der Waals surface area contributed by atoms with Crippen LogP contribution in [0, 0.1) is 18.8 Å². The van der Waals surface area contributed by atoms with E-state index in [0.29, 0.717) is 18.9 Å². The summed E-state index contributed by atoms with van der Waals surface area (Å²) in [6, 6.07) is 6.11. The fraction of sp³-hybridized carbons (Fsp3) is 0.562. The van der Waals surface area contributed by atoms with Gasteiger partial charge in [0.25, 0.3) is 0 Å². The van der Waals surface area contributed by atoms with Crippen LogP contribution in [0.25, 0.3) is 0 Å². The number of para-hydroxylation sites is 1. The molecule has 0 heterocycles. The molecular weight excluding hydrogens is 236 g/mol. The molecule has 0 spiro atoms. The number of hydrogen-bond acceptors (Lipinski definition) is 2. The first-order valence-electron chi connectivity index (χ1n) is 7.08. The summed E-state index contributed by atoms with van der Waals surface area (Å²) in [5.74, 6) is 0.737. The molecule has 1 rings (SSSR count). The van der Waals surface area contributed by atoms with Crippen molar-refractivity contribution in [2.75, 3.05) is 11.9 Å². The van der Waals surface area contributed by atoms with Gasteiger partial charge in [0.15, 0.2) is 0 Å². The molecule has 3 heteroatoms. The van der Waals surface area contributed by atoms with Crippen LogP contribution in [0.2, 0.25) is 0 Å². The topological polar surface area (TPSA) is 55.1 Å². The van der Waals surface area contributed by atoms with E-state index in [1.807, 2.05) is 19.1 Å². The number of aryl methyl sites for hydroxylation is 2. The van der Waals surface area contributed by atoms with Crippen LogP contribution in [-0.4, -0.2) is 12.5 Å². The molecule has 106 valence electrons. The maximum absolute atomic E-state index is 12.1. The van der Waals surface area contributed by atoms with Crippen molar-refractivity contribution in [2.45, 2.75) is 40.5 Å². The van der Waals surface area contributed by atoms with Gasteiger partial charge in [-0.1, -0.05) is 39.0 Å². The largest absolute Gasteiger partial charge is 0.330 e. The van der Waals surface area contributed by atoms with E-state index < -0.39 is 0 Å². The van der Waals surface area contributed by atoms with E-state index in [1.165, 1.54) is 5.56 Å². The highest BCUT2D eigenvalue weighted by atomic mass is 16.1. The Hall–Kier alpha value is -1.35. The average Bonchev–Trinajstić information content (AvgIpc) is 2.38. The molecule has 3 N–H and O–H groups in total. The quantitative estimate of drug-likeness (QED) is 0.827. The summed E-state index contributed by atoms with van der Waals surface area (Å²) in [4.78, 5) is 12.1. The number of nitrogens with one attached hydrogen (secondary N) is 1. The molecule has 0 aromatic heterocycles. The summed E-state index contributed by atoms with van der Waals surface area (Å²) in [5.41, 5.74) is 8.98. The normalized spacial score (nSPS) is 12.5. The molecule has 0 saturated carbocycles. The zero-order valence-corrected chi connectivity index (χ0v) is 12.5. The number of rotatable bonds is 6. The molecule has 1 amide bonds. The Balaban J connectivity index is 2.77. The number of carbonyl (C=O) groups excluding carboxylic acids is 1. The van der Waals surface area contributed by atoms with Gasteiger partial charge in [-0.05, 0) is 42.9 Å². The molecule has 1 aromatic carbocycles. The number of amides is 1. The second-order valence-corrected chi connectivity index (χ2v) is 5.45. The van der Waals surface area contributed by atoms with Gasteiger partial charge in [0.2, 0.25) is 5.91 Å². The first-order valence-corrected chi connectivity index (χ1v) is 7.08. The minimum absolute atomic E-state index is 0.0631. The molecule has 0 aliphatic rings. The molecule has 0 aliphatic carbocycles. The van der Waals surface area contributed by atoms with Crippen LogP contribution >= 0.6 is 0 Å². The van der Waals surface area contributed by atoms with Crippen molar-refractivity contribution < 1.29 is 4.79 Å². The molecule has 0 aliphatic heterocycles. The van der Waals surface area contributed by atoms with Crippen molar-refractivity contribution in [1.82, 2.24) is 0 Å². The minimum Gasteiger partial charge on any atom is -0.330 e. The Morgan fingerprint density at radius 3 is 2.58 bits per heavy atom. The first-order chi connectivity index (χ1) is 8.99. The van der Waals surface area contributed by atoms with Gasteiger partial charge in [-0.15, -0.1) is 0 Å². The summed E-state index contributed by atoms with van der Waals surface area (Å²) >= 11 is 0. The van der Waals surface area contributed by atoms with Crippen LogP contribution in [0.3, 0.4) is 0 Å². The van der Waals surface area contributed by atoms with Gasteiger partial charge in [0.05, 0.1) is 0 Å². The van der Waals surface area contributed by atoms with E-state index >= 15 is 0 Å². The Morgan fingerprint density at radius 1 is 1.37 bits per heavy atom. The number of hydrogen-bond donors (Lipinski definition) is 2. The summed E-state index contributed by atoms with van der Waals surface area (Å²) in [6.45, 7) is 8.89. The van der Waals surface area contributed by atoms with Crippen LogP contribution in [0.15, 0.2) is 18.2 Å². The predicted molar refractivity (Wildman–Crippen MR) is 81.2 cm³/mol. The van der Waals surface area contributed by atoms with Crippen molar-refractivity contribution in [3.05, 3.63) is 29.3 Å². The molecule has 1 atom stereocenters. The zero-order valence-electron chi connectivity index (χ0n) is 12.5. The predicted octanol–water partition coefficient (Wildman–Crippen LogP) is 3.12. The number of anilines is 1. The number of nitrogens with two attached hydrogens (primary N) is 1. The van der Waals surface area contributed by atoms with Crippen molar-refractivity contribution in [3.63, 3.8) is 0 Å². The van der Waals surface area contributed by atoms with E-state index in [2.05, 4.69) is 32.2 Å². The molecule has 3 nitrogen and oxygen atoms in total. The smallest absolute Gasteiger partial charge is 0.224 e. The molecule has 19 heavy (non-hydrogen) atoms. The highest BCUT2D eigenvalue weighted by Crippen LogP contribution is 2.22. The van der Waals surface area contributed by atoms with Gasteiger partial charge in [-0.3, -0.25) is 4.79 Å². The molecule has 1 aromatic rings. The van der Waals surface area contributed by atoms with Gasteiger partial charge in [-0.25, -0.2) is 0 Å². The standard InChI is InChI=1S/C16H26N2O/c1-5-13-8-6-7-12(4)16(13)18-15(19)9-14(10-17)11(2)3/h6-8,11,14H,5,9-10,17H2,1-4H3,(H,18,19). The van der Waals surface area contributed by atoms with Gasteiger partial charge in [0.1, 0.15) is 0 Å². The number of benzene rings is 1. The minimum atomic E-state index is 0.0631. The van der Waals surface area contributed by atoms with Crippen molar-refractivity contribution >= 4 is 11.6 Å².